The monoisotopic (exact) mass is 175 g/mol. The Morgan fingerprint density at radius 3 is 2.85 bits per heavy atom. The van der Waals surface area contributed by atoms with Gasteiger partial charge in [-0.05, 0) is 19.1 Å². The Bertz CT molecular complexity index is 344. The summed E-state index contributed by atoms with van der Waals surface area (Å²) >= 11 is 0. The molecule has 13 heavy (non-hydrogen) atoms. The summed E-state index contributed by atoms with van der Waals surface area (Å²) in [5.74, 6) is 0.985. The van der Waals surface area contributed by atoms with Crippen molar-refractivity contribution in [2.45, 2.75) is 13.0 Å². The first-order valence-electron chi connectivity index (χ1n) is 4.42. The molecule has 2 rings (SSSR count). The second-order valence-electron chi connectivity index (χ2n) is 3.20. The summed E-state index contributed by atoms with van der Waals surface area (Å²) in [5.41, 5.74) is 2.37. The maximum absolute atomic E-state index is 5.26. The van der Waals surface area contributed by atoms with Crippen LogP contribution in [-0.4, -0.2) is 13.2 Å². The summed E-state index contributed by atoms with van der Waals surface area (Å²) in [4.78, 5) is 0. The second-order valence-corrected chi connectivity index (χ2v) is 3.20. The van der Waals surface area contributed by atoms with Crippen LogP contribution in [0.1, 0.15) is 12.5 Å². The van der Waals surface area contributed by atoms with E-state index < -0.39 is 0 Å². The first-order chi connectivity index (χ1) is 6.31. The van der Waals surface area contributed by atoms with Gasteiger partial charge < -0.3 is 10.1 Å². The Kier molecular flexibility index (Phi) is 1.97. The van der Waals surface area contributed by atoms with Gasteiger partial charge in [-0.2, -0.15) is 0 Å². The van der Waals surface area contributed by atoms with Crippen molar-refractivity contribution in [3.05, 3.63) is 35.6 Å². The predicted octanol–water partition coefficient (Wildman–Crippen LogP) is 2.49. The van der Waals surface area contributed by atoms with Gasteiger partial charge in [0.25, 0.3) is 0 Å². The first-order valence-corrected chi connectivity index (χ1v) is 4.42. The molecule has 1 atom stereocenters. The zero-order chi connectivity index (χ0) is 9.26. The highest BCUT2D eigenvalue weighted by atomic mass is 16.5. The van der Waals surface area contributed by atoms with Crippen molar-refractivity contribution in [2.24, 2.45) is 0 Å². The van der Waals surface area contributed by atoms with Gasteiger partial charge in [-0.15, -0.1) is 0 Å². The Morgan fingerprint density at radius 1 is 1.31 bits per heavy atom. The molecule has 0 spiro atoms. The molecule has 1 heterocycles. The molecular formula is C11H13NO. The van der Waals surface area contributed by atoms with E-state index in [2.05, 4.69) is 30.4 Å². The molecule has 0 aromatic heterocycles. The lowest BCUT2D eigenvalue weighted by atomic mass is 10.1. The fourth-order valence-electron chi connectivity index (χ4n) is 1.57. The number of anilines is 1. The molecule has 0 aliphatic carbocycles. The van der Waals surface area contributed by atoms with Gasteiger partial charge >= 0.3 is 0 Å². The summed E-state index contributed by atoms with van der Waals surface area (Å²) in [7, 11) is 1.71. The fourth-order valence-corrected chi connectivity index (χ4v) is 1.57. The molecule has 2 heteroatoms. The molecule has 0 radical (unpaired) electrons. The van der Waals surface area contributed by atoms with Crippen molar-refractivity contribution < 1.29 is 4.74 Å². The van der Waals surface area contributed by atoms with E-state index >= 15 is 0 Å². The molecule has 0 amide bonds. The quantitative estimate of drug-likeness (QED) is 0.708. The summed E-state index contributed by atoms with van der Waals surface area (Å²) in [5, 5.41) is 3.37. The van der Waals surface area contributed by atoms with E-state index in [1.165, 1.54) is 11.3 Å². The SMILES string of the molecule is COC1=Cc2ccccc2N[C@H]1C. The highest BCUT2D eigenvalue weighted by Crippen LogP contribution is 2.26. The predicted molar refractivity (Wildman–Crippen MR) is 54.5 cm³/mol. The number of ether oxygens (including phenoxy) is 1. The Morgan fingerprint density at radius 2 is 2.08 bits per heavy atom. The van der Waals surface area contributed by atoms with Gasteiger partial charge in [0.2, 0.25) is 0 Å². The largest absolute Gasteiger partial charge is 0.499 e. The maximum Gasteiger partial charge on any atom is 0.118 e. The molecule has 1 aliphatic heterocycles. The molecule has 1 aliphatic rings. The van der Waals surface area contributed by atoms with Crippen LogP contribution in [0.15, 0.2) is 30.0 Å². The second kappa shape index (κ2) is 3.13. The summed E-state index contributed by atoms with van der Waals surface area (Å²) < 4.78 is 5.26. The van der Waals surface area contributed by atoms with E-state index in [0.29, 0.717) is 0 Å². The number of benzene rings is 1. The Balaban J connectivity index is 2.44. The molecule has 0 saturated carbocycles. The first kappa shape index (κ1) is 8.17. The van der Waals surface area contributed by atoms with Crippen molar-refractivity contribution in [2.75, 3.05) is 12.4 Å². The normalized spacial score (nSPS) is 19.8. The van der Waals surface area contributed by atoms with Crippen molar-refractivity contribution >= 4 is 11.8 Å². The van der Waals surface area contributed by atoms with Gasteiger partial charge in [0, 0.05) is 11.3 Å². The molecule has 0 bridgehead atoms. The smallest absolute Gasteiger partial charge is 0.118 e. The molecule has 0 saturated heterocycles. The molecule has 0 fully saturated rings. The summed E-state index contributed by atoms with van der Waals surface area (Å²) in [6, 6.07) is 8.48. The van der Waals surface area contributed by atoms with Crippen molar-refractivity contribution in [1.82, 2.24) is 0 Å². The van der Waals surface area contributed by atoms with E-state index in [-0.39, 0.29) is 6.04 Å². The average Bonchev–Trinajstić information content (AvgIpc) is 2.17. The fraction of sp³-hybridized carbons (Fsp3) is 0.273. The van der Waals surface area contributed by atoms with Crippen molar-refractivity contribution in [3.63, 3.8) is 0 Å². The lowest BCUT2D eigenvalue weighted by molar-refractivity contribution is 0.276. The maximum atomic E-state index is 5.26. The van der Waals surface area contributed by atoms with Gasteiger partial charge in [-0.3, -0.25) is 0 Å². The highest BCUT2D eigenvalue weighted by molar-refractivity contribution is 5.72. The van der Waals surface area contributed by atoms with Crippen molar-refractivity contribution in [3.8, 4) is 0 Å². The molecule has 2 nitrogen and oxygen atoms in total. The summed E-state index contributed by atoms with van der Waals surface area (Å²) in [6.45, 7) is 2.09. The average molecular weight is 175 g/mol. The van der Waals surface area contributed by atoms with Crippen LogP contribution in [0.4, 0.5) is 5.69 Å². The van der Waals surface area contributed by atoms with Gasteiger partial charge in [0.15, 0.2) is 0 Å². The van der Waals surface area contributed by atoms with Crippen LogP contribution in [0.5, 0.6) is 0 Å². The molecule has 1 aromatic carbocycles. The number of hydrogen-bond donors (Lipinski definition) is 1. The number of rotatable bonds is 1. The third-order valence-electron chi connectivity index (χ3n) is 2.29. The van der Waals surface area contributed by atoms with Crippen LogP contribution < -0.4 is 5.32 Å². The lowest BCUT2D eigenvalue weighted by Crippen LogP contribution is -2.22. The Hall–Kier alpha value is -1.44. The molecule has 68 valence electrons. The Labute approximate surface area is 78.2 Å². The molecule has 1 aromatic rings. The molecule has 0 unspecified atom stereocenters. The lowest BCUT2D eigenvalue weighted by Gasteiger charge is -2.23. The van der Waals surface area contributed by atoms with Crippen LogP contribution in [0.2, 0.25) is 0 Å². The van der Waals surface area contributed by atoms with E-state index in [9.17, 15) is 0 Å². The standard InChI is InChI=1S/C11H13NO/c1-8-11(13-2)7-9-5-3-4-6-10(9)12-8/h3-8,12H,1-2H3/t8-/m0/s1. The van der Waals surface area contributed by atoms with Crippen LogP contribution in [-0.2, 0) is 4.74 Å². The van der Waals surface area contributed by atoms with Crippen LogP contribution >= 0.6 is 0 Å². The number of para-hydroxylation sites is 1. The molecular weight excluding hydrogens is 162 g/mol. The van der Waals surface area contributed by atoms with Crippen LogP contribution in [0.25, 0.3) is 6.08 Å². The molecule has 1 N–H and O–H groups in total. The van der Waals surface area contributed by atoms with E-state index in [4.69, 9.17) is 4.74 Å². The van der Waals surface area contributed by atoms with Crippen LogP contribution in [0.3, 0.4) is 0 Å². The minimum atomic E-state index is 0.264. The third-order valence-corrected chi connectivity index (χ3v) is 2.29. The van der Waals surface area contributed by atoms with Crippen molar-refractivity contribution in [1.29, 1.82) is 0 Å². The van der Waals surface area contributed by atoms with Crippen LogP contribution in [0, 0.1) is 0 Å². The highest BCUT2D eigenvalue weighted by Gasteiger charge is 2.15. The number of nitrogens with one attached hydrogen (secondary N) is 1. The van der Waals surface area contributed by atoms with Gasteiger partial charge in [0.1, 0.15) is 5.76 Å². The van der Waals surface area contributed by atoms with Gasteiger partial charge in [-0.1, -0.05) is 18.2 Å². The van der Waals surface area contributed by atoms with Gasteiger partial charge in [0.05, 0.1) is 13.2 Å². The topological polar surface area (TPSA) is 21.3 Å². The van der Waals surface area contributed by atoms with Gasteiger partial charge in [-0.25, -0.2) is 0 Å². The zero-order valence-corrected chi connectivity index (χ0v) is 7.87. The number of fused-ring (bicyclic) bond motifs is 1. The zero-order valence-electron chi connectivity index (χ0n) is 7.87. The van der Waals surface area contributed by atoms with E-state index in [1.807, 2.05) is 12.1 Å². The summed E-state index contributed by atoms with van der Waals surface area (Å²) in [6.07, 6.45) is 2.08. The van der Waals surface area contributed by atoms with E-state index in [1.54, 1.807) is 7.11 Å². The van der Waals surface area contributed by atoms with E-state index in [0.717, 1.165) is 5.76 Å². The third kappa shape index (κ3) is 1.39. The minimum Gasteiger partial charge on any atom is -0.499 e. The number of methoxy groups -OCH3 is 1. The number of hydrogen-bond acceptors (Lipinski definition) is 2. The minimum absolute atomic E-state index is 0.264.